The number of hydrogen-bond donors (Lipinski definition) is 2. The third-order valence-electron chi connectivity index (χ3n) is 4.16. The molecule has 0 aliphatic heterocycles. The molecule has 0 unspecified atom stereocenters. The Morgan fingerprint density at radius 3 is 1.35 bits per heavy atom. The van der Waals surface area contributed by atoms with E-state index >= 15 is 0 Å². The predicted molar refractivity (Wildman–Crippen MR) is 90.0 cm³/mol. The minimum Gasteiger partial charge on any atom is -0.395 e. The highest BCUT2D eigenvalue weighted by Crippen LogP contribution is 2.13. The molecular weight excluding hydrogens is 246 g/mol. The van der Waals surface area contributed by atoms with Crippen LogP contribution in [0, 0.1) is 0 Å². The van der Waals surface area contributed by atoms with E-state index in [1.54, 1.807) is 0 Å². The van der Waals surface area contributed by atoms with Crippen LogP contribution in [0.4, 0.5) is 0 Å². The van der Waals surface area contributed by atoms with Crippen molar-refractivity contribution in [2.24, 2.45) is 5.73 Å². The first-order valence-corrected chi connectivity index (χ1v) is 9.17. The molecule has 2 nitrogen and oxygen atoms in total. The van der Waals surface area contributed by atoms with Crippen molar-refractivity contribution < 1.29 is 5.11 Å². The Hall–Kier alpha value is -0.0800. The summed E-state index contributed by atoms with van der Waals surface area (Å²) in [6, 6.07) is 0.00678. The molecule has 0 aliphatic carbocycles. The summed E-state index contributed by atoms with van der Waals surface area (Å²) in [4.78, 5) is 0. The minimum atomic E-state index is 0.00678. The molecule has 0 aromatic carbocycles. The monoisotopic (exact) mass is 285 g/mol. The average Bonchev–Trinajstić information content (AvgIpc) is 2.47. The van der Waals surface area contributed by atoms with Gasteiger partial charge in [-0.25, -0.2) is 0 Å². The van der Waals surface area contributed by atoms with Gasteiger partial charge in [0.05, 0.1) is 6.61 Å². The van der Waals surface area contributed by atoms with Crippen molar-refractivity contribution >= 4 is 0 Å². The zero-order valence-corrected chi connectivity index (χ0v) is 13.9. The third kappa shape index (κ3) is 16.0. The van der Waals surface area contributed by atoms with Crippen molar-refractivity contribution in [3.63, 3.8) is 0 Å². The molecule has 0 saturated carbocycles. The number of hydrogen-bond acceptors (Lipinski definition) is 2. The summed E-state index contributed by atoms with van der Waals surface area (Å²) in [5.74, 6) is 0. The lowest BCUT2D eigenvalue weighted by molar-refractivity contribution is 0.257. The molecule has 0 rings (SSSR count). The van der Waals surface area contributed by atoms with E-state index in [0.29, 0.717) is 0 Å². The standard InChI is InChI=1S/C18H39NO/c1-2-3-4-5-6-7-8-9-10-11-12-13-14-15-16-18(19)17-20/h18,20H,2-17,19H2,1H3/t18-/m0/s1. The van der Waals surface area contributed by atoms with E-state index in [1.807, 2.05) is 0 Å². The van der Waals surface area contributed by atoms with Crippen LogP contribution in [-0.2, 0) is 0 Å². The van der Waals surface area contributed by atoms with Crippen LogP contribution in [0.1, 0.15) is 103 Å². The molecule has 0 aromatic heterocycles. The minimum absolute atomic E-state index is 0.00678. The lowest BCUT2D eigenvalue weighted by atomic mass is 10.0. The van der Waals surface area contributed by atoms with Crippen LogP contribution >= 0.6 is 0 Å². The average molecular weight is 286 g/mol. The van der Waals surface area contributed by atoms with Crippen LogP contribution < -0.4 is 5.73 Å². The van der Waals surface area contributed by atoms with Crippen molar-refractivity contribution in [2.75, 3.05) is 6.61 Å². The Morgan fingerprint density at radius 2 is 1.00 bits per heavy atom. The SMILES string of the molecule is CCCCCCCCCCCCCCCC[C@H](N)CO. The van der Waals surface area contributed by atoms with Gasteiger partial charge in [-0.3, -0.25) is 0 Å². The Kier molecular flexibility index (Phi) is 16.9. The number of rotatable bonds is 16. The lowest BCUT2D eigenvalue weighted by Gasteiger charge is -2.07. The Labute approximate surface area is 127 Å². The molecule has 0 aromatic rings. The van der Waals surface area contributed by atoms with E-state index in [9.17, 15) is 0 Å². The highest BCUT2D eigenvalue weighted by molar-refractivity contribution is 4.58. The largest absolute Gasteiger partial charge is 0.395 e. The molecule has 122 valence electrons. The van der Waals surface area contributed by atoms with Gasteiger partial charge in [0.2, 0.25) is 0 Å². The quantitative estimate of drug-likeness (QED) is 0.384. The Balaban J connectivity index is 2.96. The van der Waals surface area contributed by atoms with E-state index in [2.05, 4.69) is 6.92 Å². The highest BCUT2D eigenvalue weighted by Gasteiger charge is 1.99. The fourth-order valence-electron chi connectivity index (χ4n) is 2.69. The van der Waals surface area contributed by atoms with Gasteiger partial charge in [-0.2, -0.15) is 0 Å². The maximum absolute atomic E-state index is 8.81. The molecule has 3 N–H and O–H groups in total. The zero-order chi connectivity index (χ0) is 14.9. The van der Waals surface area contributed by atoms with E-state index in [1.165, 1.54) is 89.9 Å². The lowest BCUT2D eigenvalue weighted by Crippen LogP contribution is -2.23. The van der Waals surface area contributed by atoms with Crippen LogP contribution in [0.3, 0.4) is 0 Å². The second-order valence-electron chi connectivity index (χ2n) is 6.33. The van der Waals surface area contributed by atoms with Crippen molar-refractivity contribution in [3.8, 4) is 0 Å². The van der Waals surface area contributed by atoms with Crippen LogP contribution in [0.2, 0.25) is 0 Å². The summed E-state index contributed by atoms with van der Waals surface area (Å²) in [5.41, 5.74) is 5.67. The van der Waals surface area contributed by atoms with Crippen LogP contribution in [0.5, 0.6) is 0 Å². The summed E-state index contributed by atoms with van der Waals surface area (Å²) in [6.07, 6.45) is 20.4. The molecule has 20 heavy (non-hydrogen) atoms. The molecule has 0 saturated heterocycles. The summed E-state index contributed by atoms with van der Waals surface area (Å²) >= 11 is 0. The maximum atomic E-state index is 8.81. The fourth-order valence-corrected chi connectivity index (χ4v) is 2.69. The van der Waals surface area contributed by atoms with Crippen LogP contribution in [-0.4, -0.2) is 17.8 Å². The normalized spacial score (nSPS) is 12.8. The first-order valence-electron chi connectivity index (χ1n) is 9.17. The Bertz CT molecular complexity index is 173. The first-order chi connectivity index (χ1) is 9.81. The van der Waals surface area contributed by atoms with E-state index < -0.39 is 0 Å². The van der Waals surface area contributed by atoms with Gasteiger partial charge in [0.1, 0.15) is 0 Å². The second kappa shape index (κ2) is 17.0. The second-order valence-corrected chi connectivity index (χ2v) is 6.33. The molecule has 2 heteroatoms. The summed E-state index contributed by atoms with van der Waals surface area (Å²) in [7, 11) is 0. The van der Waals surface area contributed by atoms with Crippen LogP contribution in [0.25, 0.3) is 0 Å². The van der Waals surface area contributed by atoms with Gasteiger partial charge in [-0.15, -0.1) is 0 Å². The van der Waals surface area contributed by atoms with Crippen molar-refractivity contribution in [1.29, 1.82) is 0 Å². The van der Waals surface area contributed by atoms with Gasteiger partial charge in [-0.05, 0) is 6.42 Å². The van der Waals surface area contributed by atoms with Gasteiger partial charge in [0, 0.05) is 6.04 Å². The topological polar surface area (TPSA) is 46.2 Å². The smallest absolute Gasteiger partial charge is 0.0582 e. The van der Waals surface area contributed by atoms with E-state index in [-0.39, 0.29) is 12.6 Å². The number of aliphatic hydroxyl groups excluding tert-OH is 1. The molecule has 1 atom stereocenters. The molecule has 0 aliphatic rings. The molecule has 0 heterocycles. The van der Waals surface area contributed by atoms with Crippen molar-refractivity contribution in [3.05, 3.63) is 0 Å². The van der Waals surface area contributed by atoms with Gasteiger partial charge in [-0.1, -0.05) is 96.8 Å². The zero-order valence-electron chi connectivity index (χ0n) is 13.9. The van der Waals surface area contributed by atoms with Crippen LogP contribution in [0.15, 0.2) is 0 Å². The van der Waals surface area contributed by atoms with Crippen molar-refractivity contribution in [1.82, 2.24) is 0 Å². The summed E-state index contributed by atoms with van der Waals surface area (Å²) in [5, 5.41) is 8.81. The van der Waals surface area contributed by atoms with E-state index in [4.69, 9.17) is 10.8 Å². The van der Waals surface area contributed by atoms with Gasteiger partial charge >= 0.3 is 0 Å². The third-order valence-corrected chi connectivity index (χ3v) is 4.16. The van der Waals surface area contributed by atoms with E-state index in [0.717, 1.165) is 6.42 Å². The maximum Gasteiger partial charge on any atom is 0.0582 e. The first kappa shape index (κ1) is 19.9. The summed E-state index contributed by atoms with van der Waals surface area (Å²) < 4.78 is 0. The molecular formula is C18H39NO. The van der Waals surface area contributed by atoms with Gasteiger partial charge in [0.25, 0.3) is 0 Å². The molecule has 0 spiro atoms. The Morgan fingerprint density at radius 1 is 0.650 bits per heavy atom. The number of aliphatic hydroxyl groups is 1. The number of nitrogens with two attached hydrogens (primary N) is 1. The number of unbranched alkanes of at least 4 members (excludes halogenated alkanes) is 13. The fraction of sp³-hybridized carbons (Fsp3) is 1.00. The molecule has 0 bridgehead atoms. The summed E-state index contributed by atoms with van der Waals surface area (Å²) in [6.45, 7) is 2.42. The molecule has 0 amide bonds. The van der Waals surface area contributed by atoms with Gasteiger partial charge < -0.3 is 10.8 Å². The molecule has 0 radical (unpaired) electrons. The van der Waals surface area contributed by atoms with Gasteiger partial charge in [0.15, 0.2) is 0 Å². The highest BCUT2D eigenvalue weighted by atomic mass is 16.3. The van der Waals surface area contributed by atoms with Crippen molar-refractivity contribution in [2.45, 2.75) is 109 Å². The molecule has 0 fully saturated rings. The predicted octanol–water partition coefficient (Wildman–Crippen LogP) is 5.18.